The average Bonchev–Trinajstić information content (AvgIpc) is 3.33. The fraction of sp³-hybridized carbons (Fsp3) is 0.267. The van der Waals surface area contributed by atoms with Crippen molar-refractivity contribution < 1.29 is 13.9 Å². The number of benzene rings is 2. The summed E-state index contributed by atoms with van der Waals surface area (Å²) in [5.74, 6) is -0.678. The molecule has 1 heterocycles. The highest BCUT2D eigenvalue weighted by atomic mass is 19.1. The zero-order valence-electron chi connectivity index (χ0n) is 19.9. The number of aryl methyl sites for hydroxylation is 2. The van der Waals surface area contributed by atoms with Gasteiger partial charge in [0.25, 0.3) is 0 Å². The van der Waals surface area contributed by atoms with Crippen LogP contribution in [0, 0.1) is 11.3 Å². The third-order valence-electron chi connectivity index (χ3n) is 6.40. The SMILES string of the molecule is C=CCCOCCCc1ccccc1/C=C(/F)c1cccc(-c2cc3c([nH]2)CCC(C=N)C3=O)c1. The first-order valence-electron chi connectivity index (χ1n) is 12.1. The van der Waals surface area contributed by atoms with E-state index in [0.717, 1.165) is 53.8 Å². The number of nitrogens with one attached hydrogen (secondary N) is 2. The molecular weight excluding hydrogens is 439 g/mol. The van der Waals surface area contributed by atoms with E-state index in [1.54, 1.807) is 18.2 Å². The maximum atomic E-state index is 15.3. The quantitative estimate of drug-likeness (QED) is 0.136. The van der Waals surface area contributed by atoms with Gasteiger partial charge >= 0.3 is 0 Å². The number of H-pyrrole nitrogens is 1. The molecule has 0 bridgehead atoms. The van der Waals surface area contributed by atoms with Crippen molar-refractivity contribution in [3.63, 3.8) is 0 Å². The van der Waals surface area contributed by atoms with E-state index in [9.17, 15) is 4.79 Å². The second-order valence-corrected chi connectivity index (χ2v) is 8.82. The molecular formula is C30H31FN2O2. The van der Waals surface area contributed by atoms with Crippen molar-refractivity contribution in [2.75, 3.05) is 13.2 Å². The third kappa shape index (κ3) is 5.92. The van der Waals surface area contributed by atoms with E-state index in [0.29, 0.717) is 30.8 Å². The minimum Gasteiger partial charge on any atom is -0.381 e. The van der Waals surface area contributed by atoms with Crippen LogP contribution in [0.25, 0.3) is 23.2 Å². The van der Waals surface area contributed by atoms with Crippen LogP contribution in [-0.4, -0.2) is 30.2 Å². The number of carbonyl (C=O) groups is 1. The van der Waals surface area contributed by atoms with Gasteiger partial charge in [0, 0.05) is 41.9 Å². The molecule has 180 valence electrons. The summed E-state index contributed by atoms with van der Waals surface area (Å²) in [5.41, 5.74) is 5.59. The Hall–Kier alpha value is -3.57. The second-order valence-electron chi connectivity index (χ2n) is 8.82. The van der Waals surface area contributed by atoms with Gasteiger partial charge in [-0.1, -0.05) is 48.5 Å². The van der Waals surface area contributed by atoms with E-state index in [1.165, 1.54) is 6.21 Å². The summed E-state index contributed by atoms with van der Waals surface area (Å²) < 4.78 is 20.9. The van der Waals surface area contributed by atoms with Gasteiger partial charge in [0.2, 0.25) is 0 Å². The number of halogens is 1. The van der Waals surface area contributed by atoms with Crippen molar-refractivity contribution in [1.82, 2.24) is 4.98 Å². The van der Waals surface area contributed by atoms with Gasteiger partial charge in [-0.2, -0.15) is 0 Å². The lowest BCUT2D eigenvalue weighted by Crippen LogP contribution is -2.22. The minimum atomic E-state index is -0.350. The lowest BCUT2D eigenvalue weighted by atomic mass is 9.87. The number of ketones is 1. The molecule has 0 fully saturated rings. The predicted molar refractivity (Wildman–Crippen MR) is 141 cm³/mol. The molecule has 1 aliphatic rings. The van der Waals surface area contributed by atoms with Gasteiger partial charge in [-0.15, -0.1) is 6.58 Å². The molecule has 0 radical (unpaired) electrons. The molecule has 1 aliphatic carbocycles. The number of hydrogen-bond donors (Lipinski definition) is 2. The van der Waals surface area contributed by atoms with Crippen LogP contribution in [0.3, 0.4) is 0 Å². The summed E-state index contributed by atoms with van der Waals surface area (Å²) in [6, 6.07) is 17.0. The summed E-state index contributed by atoms with van der Waals surface area (Å²) in [7, 11) is 0. The summed E-state index contributed by atoms with van der Waals surface area (Å²) >= 11 is 0. The Morgan fingerprint density at radius 3 is 2.86 bits per heavy atom. The van der Waals surface area contributed by atoms with E-state index >= 15 is 4.39 Å². The molecule has 2 aromatic carbocycles. The monoisotopic (exact) mass is 470 g/mol. The van der Waals surface area contributed by atoms with Crippen LogP contribution in [0.5, 0.6) is 0 Å². The lowest BCUT2D eigenvalue weighted by Gasteiger charge is -2.16. The molecule has 0 saturated carbocycles. The smallest absolute Gasteiger partial charge is 0.173 e. The number of aromatic amines is 1. The van der Waals surface area contributed by atoms with Crippen LogP contribution in [0.2, 0.25) is 0 Å². The van der Waals surface area contributed by atoms with Crippen LogP contribution >= 0.6 is 0 Å². The first-order chi connectivity index (χ1) is 17.1. The highest BCUT2D eigenvalue weighted by Gasteiger charge is 2.28. The molecule has 1 atom stereocenters. The summed E-state index contributed by atoms with van der Waals surface area (Å²) in [6.07, 6.45) is 8.56. The van der Waals surface area contributed by atoms with Gasteiger partial charge in [0.05, 0.1) is 5.92 Å². The Morgan fingerprint density at radius 2 is 2.03 bits per heavy atom. The predicted octanol–water partition coefficient (Wildman–Crippen LogP) is 7.07. The molecule has 0 amide bonds. The van der Waals surface area contributed by atoms with Gasteiger partial charge in [-0.05, 0) is 67.0 Å². The van der Waals surface area contributed by atoms with Crippen LogP contribution in [-0.2, 0) is 17.6 Å². The molecule has 4 nitrogen and oxygen atoms in total. The van der Waals surface area contributed by atoms with Gasteiger partial charge < -0.3 is 15.1 Å². The Kier molecular flexibility index (Phi) is 8.22. The normalized spacial score (nSPS) is 15.6. The van der Waals surface area contributed by atoms with E-state index in [1.807, 2.05) is 48.5 Å². The van der Waals surface area contributed by atoms with Gasteiger partial charge in [0.15, 0.2) is 5.78 Å². The van der Waals surface area contributed by atoms with E-state index in [-0.39, 0.29) is 17.5 Å². The van der Waals surface area contributed by atoms with Crippen LogP contribution in [0.15, 0.2) is 67.3 Å². The van der Waals surface area contributed by atoms with Crippen molar-refractivity contribution >= 4 is 23.9 Å². The highest BCUT2D eigenvalue weighted by molar-refractivity contribution is 6.08. The number of aromatic nitrogens is 1. The van der Waals surface area contributed by atoms with E-state index < -0.39 is 0 Å². The standard InChI is InChI=1S/C30H31FN2O2/c1-2-3-15-35-16-7-12-21-8-4-5-9-22(21)18-27(31)23-10-6-11-24(17-23)29-19-26-28(33-29)14-13-25(20-32)30(26)34/h2,4-6,8-11,17-20,25,32-33H,1,3,7,12-16H2/b27-18+,32-20?. The van der Waals surface area contributed by atoms with E-state index in [4.69, 9.17) is 10.1 Å². The molecule has 0 saturated heterocycles. The van der Waals surface area contributed by atoms with Gasteiger partial charge in [-0.3, -0.25) is 4.79 Å². The van der Waals surface area contributed by atoms with Crippen LogP contribution in [0.4, 0.5) is 4.39 Å². The van der Waals surface area contributed by atoms with Crippen molar-refractivity contribution in [3.8, 4) is 11.3 Å². The molecule has 3 aromatic rings. The van der Waals surface area contributed by atoms with Crippen LogP contribution < -0.4 is 0 Å². The molecule has 4 rings (SSSR count). The van der Waals surface area contributed by atoms with Crippen molar-refractivity contribution in [2.45, 2.75) is 32.1 Å². The van der Waals surface area contributed by atoms with E-state index in [2.05, 4.69) is 11.6 Å². The van der Waals surface area contributed by atoms with Gasteiger partial charge in [-0.25, -0.2) is 4.39 Å². The maximum absolute atomic E-state index is 15.3. The molecule has 0 spiro atoms. The molecule has 35 heavy (non-hydrogen) atoms. The minimum absolute atomic E-state index is 0.0197. The first-order valence-corrected chi connectivity index (χ1v) is 12.1. The Balaban J connectivity index is 1.51. The molecule has 1 aromatic heterocycles. The zero-order valence-corrected chi connectivity index (χ0v) is 19.9. The van der Waals surface area contributed by atoms with Crippen LogP contribution in [0.1, 0.15) is 52.0 Å². The zero-order chi connectivity index (χ0) is 24.6. The Bertz CT molecular complexity index is 1240. The maximum Gasteiger partial charge on any atom is 0.173 e. The number of fused-ring (bicyclic) bond motifs is 1. The molecule has 1 unspecified atom stereocenters. The summed E-state index contributed by atoms with van der Waals surface area (Å²) in [5, 5.41) is 7.48. The Labute approximate surface area is 206 Å². The summed E-state index contributed by atoms with van der Waals surface area (Å²) in [4.78, 5) is 15.9. The fourth-order valence-electron chi connectivity index (χ4n) is 4.45. The number of ether oxygens (including phenoxy) is 1. The number of carbonyl (C=O) groups excluding carboxylic acids is 1. The largest absolute Gasteiger partial charge is 0.381 e. The highest BCUT2D eigenvalue weighted by Crippen LogP contribution is 2.31. The number of hydrogen-bond acceptors (Lipinski definition) is 3. The number of Topliss-reactive ketones (excluding diaryl/α,β-unsaturated/α-hetero) is 1. The summed E-state index contributed by atoms with van der Waals surface area (Å²) in [6.45, 7) is 5.04. The topological polar surface area (TPSA) is 65.9 Å². The molecule has 2 N–H and O–H groups in total. The third-order valence-corrected chi connectivity index (χ3v) is 6.40. The first kappa shape index (κ1) is 24.6. The second kappa shape index (κ2) is 11.7. The fourth-order valence-corrected chi connectivity index (χ4v) is 4.45. The van der Waals surface area contributed by atoms with Crippen molar-refractivity contribution in [2.24, 2.45) is 5.92 Å². The van der Waals surface area contributed by atoms with Gasteiger partial charge in [0.1, 0.15) is 5.83 Å². The average molecular weight is 471 g/mol. The molecule has 0 aliphatic heterocycles. The number of rotatable bonds is 11. The molecule has 5 heteroatoms. The van der Waals surface area contributed by atoms with Crippen molar-refractivity contribution in [3.05, 3.63) is 95.2 Å². The van der Waals surface area contributed by atoms with Crippen molar-refractivity contribution in [1.29, 1.82) is 5.41 Å². The lowest BCUT2D eigenvalue weighted by molar-refractivity contribution is 0.0942. The Morgan fingerprint density at radius 1 is 1.17 bits per heavy atom.